The highest BCUT2D eigenvalue weighted by molar-refractivity contribution is 6.36. The number of amidine groups is 1. The number of methoxy groups -OCH3 is 1. The first-order valence-corrected chi connectivity index (χ1v) is 10.7. The third-order valence-corrected chi connectivity index (χ3v) is 5.12. The van der Waals surface area contributed by atoms with E-state index in [2.05, 4.69) is 5.16 Å². The van der Waals surface area contributed by atoms with Crippen LogP contribution >= 0.6 is 23.2 Å². The van der Waals surface area contributed by atoms with Crippen LogP contribution in [-0.2, 0) is 16.2 Å². The van der Waals surface area contributed by atoms with Gasteiger partial charge >= 0.3 is 5.97 Å². The van der Waals surface area contributed by atoms with Crippen molar-refractivity contribution in [3.8, 4) is 11.5 Å². The Balaban J connectivity index is 1.65. The Kier molecular flexibility index (Phi) is 8.35. The number of carbonyl (C=O) groups is 1. The Morgan fingerprint density at radius 1 is 1.06 bits per heavy atom. The number of benzene rings is 3. The van der Waals surface area contributed by atoms with Crippen LogP contribution in [0.25, 0.3) is 6.08 Å². The Bertz CT molecular complexity index is 1190. The van der Waals surface area contributed by atoms with Gasteiger partial charge in [0, 0.05) is 22.2 Å². The Labute approximate surface area is 202 Å². The number of carbonyl (C=O) groups excluding carboxylic acids is 1. The number of oxime groups is 1. The minimum Gasteiger partial charge on any atom is -0.496 e. The smallest absolute Gasteiger partial charge is 0.358 e. The van der Waals surface area contributed by atoms with E-state index in [1.807, 2.05) is 43.3 Å². The van der Waals surface area contributed by atoms with E-state index < -0.39 is 5.97 Å². The molecule has 3 aromatic rings. The van der Waals surface area contributed by atoms with Gasteiger partial charge in [-0.15, -0.1) is 0 Å². The molecule has 3 rings (SSSR count). The van der Waals surface area contributed by atoms with Crippen molar-refractivity contribution in [2.45, 2.75) is 13.5 Å². The molecule has 0 heterocycles. The van der Waals surface area contributed by atoms with E-state index in [0.29, 0.717) is 28.0 Å². The molecule has 0 aliphatic rings. The third-order valence-electron chi connectivity index (χ3n) is 4.57. The van der Waals surface area contributed by atoms with Crippen molar-refractivity contribution in [3.63, 3.8) is 0 Å². The van der Waals surface area contributed by atoms with Crippen molar-refractivity contribution in [2.24, 2.45) is 10.9 Å². The summed E-state index contributed by atoms with van der Waals surface area (Å²) in [6.45, 7) is 2.32. The van der Waals surface area contributed by atoms with Crippen LogP contribution in [0.2, 0.25) is 10.0 Å². The molecular weight excluding hydrogens is 463 g/mol. The number of hydrogen-bond acceptors (Lipinski definition) is 5. The summed E-state index contributed by atoms with van der Waals surface area (Å²) in [7, 11) is 1.59. The molecule has 170 valence electrons. The van der Waals surface area contributed by atoms with Crippen LogP contribution in [0.1, 0.15) is 22.3 Å². The minimum absolute atomic E-state index is 0.0431. The monoisotopic (exact) mass is 484 g/mol. The minimum atomic E-state index is -0.698. The molecule has 0 bridgehead atoms. The van der Waals surface area contributed by atoms with E-state index >= 15 is 0 Å². The molecule has 0 aromatic heterocycles. The van der Waals surface area contributed by atoms with Gasteiger partial charge in [-0.2, -0.15) is 0 Å². The maximum absolute atomic E-state index is 12.1. The number of halogens is 2. The summed E-state index contributed by atoms with van der Waals surface area (Å²) >= 11 is 11.9. The predicted molar refractivity (Wildman–Crippen MR) is 131 cm³/mol. The molecule has 0 saturated carbocycles. The Hall–Kier alpha value is -3.48. The van der Waals surface area contributed by atoms with Gasteiger partial charge in [-0.3, -0.25) is 0 Å². The van der Waals surface area contributed by atoms with Gasteiger partial charge in [-0.1, -0.05) is 52.1 Å². The van der Waals surface area contributed by atoms with Crippen molar-refractivity contribution in [2.75, 3.05) is 7.11 Å². The predicted octanol–water partition coefficient (Wildman–Crippen LogP) is 5.77. The summed E-state index contributed by atoms with van der Waals surface area (Å²) < 4.78 is 11.3. The molecule has 0 fully saturated rings. The normalized spacial score (nSPS) is 11.5. The molecule has 8 heteroatoms. The molecule has 0 spiro atoms. The highest BCUT2D eigenvalue weighted by Gasteiger charge is 2.08. The largest absolute Gasteiger partial charge is 0.496 e. The molecule has 0 aliphatic carbocycles. The molecule has 0 radical (unpaired) electrons. The average molecular weight is 485 g/mol. The maximum Gasteiger partial charge on any atom is 0.358 e. The van der Waals surface area contributed by atoms with Crippen molar-refractivity contribution in [3.05, 3.63) is 99.0 Å². The van der Waals surface area contributed by atoms with E-state index in [9.17, 15) is 4.79 Å². The number of aryl methyl sites for hydroxylation is 1. The molecular formula is C25H22Cl2N2O4. The zero-order valence-electron chi connectivity index (χ0n) is 18.0. The second-order valence-corrected chi connectivity index (χ2v) is 7.86. The van der Waals surface area contributed by atoms with Crippen LogP contribution in [0.3, 0.4) is 0 Å². The fourth-order valence-electron chi connectivity index (χ4n) is 2.85. The Morgan fingerprint density at radius 3 is 2.52 bits per heavy atom. The maximum atomic E-state index is 12.1. The summed E-state index contributed by atoms with van der Waals surface area (Å²) in [6, 6.07) is 18.0. The number of nitrogens with zero attached hydrogens (tertiary/aromatic N) is 1. The second-order valence-electron chi connectivity index (χ2n) is 7.02. The van der Waals surface area contributed by atoms with Crippen LogP contribution < -0.4 is 15.2 Å². The lowest BCUT2D eigenvalue weighted by molar-refractivity contribution is -0.137. The van der Waals surface area contributed by atoms with Gasteiger partial charge in [0.2, 0.25) is 0 Å². The van der Waals surface area contributed by atoms with Crippen molar-refractivity contribution in [1.29, 1.82) is 0 Å². The lowest BCUT2D eigenvalue weighted by atomic mass is 10.1. The first kappa shape index (κ1) is 24.2. The number of rotatable bonds is 8. The SMILES string of the molecule is COc1ccc(/C=C\C(=O)O/N=C(\N)c2ccc(Cl)cc2Cl)cc1COc1ccc(C)cc1. The van der Waals surface area contributed by atoms with Gasteiger partial charge in [0.05, 0.1) is 12.1 Å². The van der Waals surface area contributed by atoms with Crippen LogP contribution in [0, 0.1) is 6.92 Å². The van der Waals surface area contributed by atoms with Gasteiger partial charge < -0.3 is 20.0 Å². The van der Waals surface area contributed by atoms with Gasteiger partial charge in [0.1, 0.15) is 18.1 Å². The summed E-state index contributed by atoms with van der Waals surface area (Å²) in [5, 5.41) is 4.40. The molecule has 0 saturated heterocycles. The highest BCUT2D eigenvalue weighted by Crippen LogP contribution is 2.23. The lowest BCUT2D eigenvalue weighted by Gasteiger charge is -2.11. The van der Waals surface area contributed by atoms with E-state index in [4.69, 9.17) is 43.2 Å². The molecule has 2 N–H and O–H groups in total. The quantitative estimate of drug-likeness (QED) is 0.144. The summed E-state index contributed by atoms with van der Waals surface area (Å²) in [5.41, 5.74) is 8.98. The van der Waals surface area contributed by atoms with Gasteiger partial charge in [0.15, 0.2) is 5.84 Å². The Morgan fingerprint density at radius 2 is 1.82 bits per heavy atom. The highest BCUT2D eigenvalue weighted by atomic mass is 35.5. The van der Waals surface area contributed by atoms with E-state index in [-0.39, 0.29) is 5.84 Å². The zero-order valence-corrected chi connectivity index (χ0v) is 19.6. The summed E-state index contributed by atoms with van der Waals surface area (Å²) in [5.74, 6) is 0.692. The van der Waals surface area contributed by atoms with Crippen LogP contribution in [0.15, 0.2) is 71.9 Å². The average Bonchev–Trinajstić information content (AvgIpc) is 2.81. The van der Waals surface area contributed by atoms with Crippen molar-refractivity contribution < 1.29 is 19.1 Å². The van der Waals surface area contributed by atoms with Gasteiger partial charge in [-0.25, -0.2) is 4.79 Å². The molecule has 33 heavy (non-hydrogen) atoms. The second kappa shape index (κ2) is 11.4. The fraction of sp³-hybridized carbons (Fsp3) is 0.120. The van der Waals surface area contributed by atoms with Crippen molar-refractivity contribution >= 4 is 41.1 Å². The molecule has 0 unspecified atom stereocenters. The standard InChI is InChI=1S/C25H22Cl2N2O4/c1-16-3-8-20(9-4-16)32-15-18-13-17(5-11-23(18)31-2)6-12-24(30)33-29-25(28)21-10-7-19(26)14-22(21)27/h3-14H,15H2,1-2H3,(H2,28,29)/b12-6-. The van der Waals surface area contributed by atoms with Crippen LogP contribution in [-0.4, -0.2) is 18.9 Å². The fourth-order valence-corrected chi connectivity index (χ4v) is 3.35. The number of hydrogen-bond donors (Lipinski definition) is 1. The summed E-state index contributed by atoms with van der Waals surface area (Å²) in [4.78, 5) is 16.9. The molecule has 0 amide bonds. The van der Waals surface area contributed by atoms with Crippen LogP contribution in [0.4, 0.5) is 0 Å². The number of nitrogens with two attached hydrogens (primary N) is 1. The molecule has 0 aliphatic heterocycles. The molecule has 0 atom stereocenters. The number of ether oxygens (including phenoxy) is 2. The molecule has 3 aromatic carbocycles. The van der Waals surface area contributed by atoms with E-state index in [1.54, 1.807) is 31.4 Å². The summed E-state index contributed by atoms with van der Waals surface area (Å²) in [6.07, 6.45) is 2.84. The zero-order chi connectivity index (χ0) is 23.8. The lowest BCUT2D eigenvalue weighted by Crippen LogP contribution is -2.15. The van der Waals surface area contributed by atoms with Gasteiger partial charge in [0.25, 0.3) is 0 Å². The van der Waals surface area contributed by atoms with E-state index in [1.165, 1.54) is 12.1 Å². The first-order chi connectivity index (χ1) is 15.9. The van der Waals surface area contributed by atoms with Gasteiger partial charge in [-0.05, 0) is 61.0 Å². The third kappa shape index (κ3) is 7.00. The molecule has 6 nitrogen and oxygen atoms in total. The first-order valence-electron chi connectivity index (χ1n) is 9.90. The topological polar surface area (TPSA) is 83.1 Å². The van der Waals surface area contributed by atoms with Crippen LogP contribution in [0.5, 0.6) is 11.5 Å². The van der Waals surface area contributed by atoms with E-state index in [0.717, 1.165) is 22.4 Å². The van der Waals surface area contributed by atoms with Crippen molar-refractivity contribution in [1.82, 2.24) is 0 Å².